The Hall–Kier alpha value is -1.88. The van der Waals surface area contributed by atoms with Gasteiger partial charge in [-0.1, -0.05) is 24.3 Å². The fourth-order valence-electron chi connectivity index (χ4n) is 3.25. The number of esters is 2. The molecular weight excluding hydrogens is 306 g/mol. The lowest BCUT2D eigenvalue weighted by Crippen LogP contribution is -2.44. The average molecular weight is 333 g/mol. The van der Waals surface area contributed by atoms with Crippen molar-refractivity contribution < 1.29 is 19.1 Å². The second-order valence-electron chi connectivity index (χ2n) is 5.98. The minimum Gasteiger partial charge on any atom is -0.466 e. The molecule has 5 heteroatoms. The molecular formula is C19H27NO4. The third-order valence-electron chi connectivity index (χ3n) is 4.37. The standard InChI is InChI=1S/C19H27NO4/c1-3-23-18(21)10-9-14-7-5-6-8-16(14)15-11-12-20-17(13-15)19(22)24-4-2/h5-8,15,17,20H,3-4,9-13H2,1-2H3. The van der Waals surface area contributed by atoms with Crippen molar-refractivity contribution >= 4 is 11.9 Å². The van der Waals surface area contributed by atoms with Crippen LogP contribution in [-0.4, -0.2) is 37.7 Å². The van der Waals surface area contributed by atoms with Gasteiger partial charge in [-0.2, -0.15) is 0 Å². The van der Waals surface area contributed by atoms with Gasteiger partial charge in [-0.3, -0.25) is 9.59 Å². The van der Waals surface area contributed by atoms with E-state index >= 15 is 0 Å². The molecule has 24 heavy (non-hydrogen) atoms. The van der Waals surface area contributed by atoms with Gasteiger partial charge in [0.15, 0.2) is 0 Å². The van der Waals surface area contributed by atoms with Crippen LogP contribution in [0.2, 0.25) is 0 Å². The van der Waals surface area contributed by atoms with Crippen molar-refractivity contribution in [1.29, 1.82) is 0 Å². The molecule has 0 aromatic heterocycles. The van der Waals surface area contributed by atoms with Gasteiger partial charge in [-0.25, -0.2) is 0 Å². The Balaban J connectivity index is 2.05. The molecule has 0 saturated carbocycles. The number of hydrogen-bond acceptors (Lipinski definition) is 5. The Kier molecular flexibility index (Phi) is 7.25. The highest BCUT2D eigenvalue weighted by molar-refractivity contribution is 5.76. The van der Waals surface area contributed by atoms with Crippen LogP contribution < -0.4 is 5.32 Å². The zero-order valence-corrected chi connectivity index (χ0v) is 14.5. The van der Waals surface area contributed by atoms with E-state index in [0.717, 1.165) is 19.4 Å². The van der Waals surface area contributed by atoms with E-state index in [4.69, 9.17) is 9.47 Å². The van der Waals surface area contributed by atoms with Crippen molar-refractivity contribution in [2.45, 2.75) is 51.5 Å². The molecule has 1 aromatic rings. The van der Waals surface area contributed by atoms with E-state index in [2.05, 4.69) is 17.4 Å². The Labute approximate surface area is 143 Å². The molecule has 2 unspecified atom stereocenters. The quantitative estimate of drug-likeness (QED) is 0.777. The number of hydrogen-bond donors (Lipinski definition) is 1. The number of nitrogens with one attached hydrogen (secondary N) is 1. The van der Waals surface area contributed by atoms with E-state index in [1.54, 1.807) is 0 Å². The summed E-state index contributed by atoms with van der Waals surface area (Å²) in [6.45, 7) is 5.24. The second kappa shape index (κ2) is 9.42. The predicted octanol–water partition coefficient (Wildman–Crippen LogP) is 2.58. The minimum absolute atomic E-state index is 0.165. The fourth-order valence-corrected chi connectivity index (χ4v) is 3.25. The molecule has 0 aliphatic carbocycles. The Morgan fingerprint density at radius 1 is 1.17 bits per heavy atom. The monoisotopic (exact) mass is 333 g/mol. The van der Waals surface area contributed by atoms with E-state index in [9.17, 15) is 9.59 Å². The SMILES string of the molecule is CCOC(=O)CCc1ccccc1C1CCNC(C(=O)OCC)C1. The Morgan fingerprint density at radius 2 is 1.92 bits per heavy atom. The smallest absolute Gasteiger partial charge is 0.323 e. The topological polar surface area (TPSA) is 64.6 Å². The molecule has 1 N–H and O–H groups in total. The van der Waals surface area contributed by atoms with Gasteiger partial charge in [0.05, 0.1) is 13.2 Å². The van der Waals surface area contributed by atoms with E-state index < -0.39 is 0 Å². The van der Waals surface area contributed by atoms with Crippen molar-refractivity contribution in [1.82, 2.24) is 5.32 Å². The lowest BCUT2D eigenvalue weighted by atomic mass is 9.83. The summed E-state index contributed by atoms with van der Waals surface area (Å²) in [7, 11) is 0. The lowest BCUT2D eigenvalue weighted by Gasteiger charge is -2.30. The first-order valence-corrected chi connectivity index (χ1v) is 8.79. The van der Waals surface area contributed by atoms with Crippen LogP contribution in [0.4, 0.5) is 0 Å². The summed E-state index contributed by atoms with van der Waals surface area (Å²) >= 11 is 0. The van der Waals surface area contributed by atoms with Crippen molar-refractivity contribution in [3.8, 4) is 0 Å². The average Bonchev–Trinajstić information content (AvgIpc) is 2.61. The molecule has 1 aliphatic heterocycles. The molecule has 0 bridgehead atoms. The number of benzene rings is 1. The van der Waals surface area contributed by atoms with Crippen LogP contribution in [0.25, 0.3) is 0 Å². The maximum Gasteiger partial charge on any atom is 0.323 e. The largest absolute Gasteiger partial charge is 0.466 e. The number of carbonyl (C=O) groups excluding carboxylic acids is 2. The van der Waals surface area contributed by atoms with Gasteiger partial charge in [0.25, 0.3) is 0 Å². The number of rotatable bonds is 7. The summed E-state index contributed by atoms with van der Waals surface area (Å²) in [6, 6.07) is 7.94. The first kappa shape index (κ1) is 18.5. The van der Waals surface area contributed by atoms with Crippen LogP contribution in [0.1, 0.15) is 50.2 Å². The second-order valence-corrected chi connectivity index (χ2v) is 5.98. The number of carbonyl (C=O) groups is 2. The molecule has 1 aliphatic rings. The number of ether oxygens (including phenoxy) is 2. The maximum atomic E-state index is 12.0. The van der Waals surface area contributed by atoms with Crippen molar-refractivity contribution in [3.63, 3.8) is 0 Å². The van der Waals surface area contributed by atoms with Crippen LogP contribution in [0.3, 0.4) is 0 Å². The summed E-state index contributed by atoms with van der Waals surface area (Å²) in [6.07, 6.45) is 2.77. The Morgan fingerprint density at radius 3 is 2.67 bits per heavy atom. The fraction of sp³-hybridized carbons (Fsp3) is 0.579. The van der Waals surface area contributed by atoms with Gasteiger partial charge in [-0.15, -0.1) is 0 Å². The molecule has 5 nitrogen and oxygen atoms in total. The molecule has 1 fully saturated rings. The van der Waals surface area contributed by atoms with Gasteiger partial charge in [0.1, 0.15) is 6.04 Å². The molecule has 0 amide bonds. The van der Waals surface area contributed by atoms with E-state index in [0.29, 0.717) is 32.0 Å². The van der Waals surface area contributed by atoms with Gasteiger partial charge in [0.2, 0.25) is 0 Å². The summed E-state index contributed by atoms with van der Waals surface area (Å²) < 4.78 is 10.2. The lowest BCUT2D eigenvalue weighted by molar-refractivity contribution is -0.146. The normalized spacial score (nSPS) is 20.4. The Bertz CT molecular complexity index is 558. The molecule has 2 atom stereocenters. The molecule has 1 aromatic carbocycles. The van der Waals surface area contributed by atoms with Crippen LogP contribution in [0.15, 0.2) is 24.3 Å². The summed E-state index contributed by atoms with van der Waals surface area (Å²) in [5.74, 6) is -0.0349. The summed E-state index contributed by atoms with van der Waals surface area (Å²) in [5, 5.41) is 3.24. The predicted molar refractivity (Wildman–Crippen MR) is 91.8 cm³/mol. The van der Waals surface area contributed by atoms with Crippen LogP contribution >= 0.6 is 0 Å². The van der Waals surface area contributed by atoms with Crippen LogP contribution in [0.5, 0.6) is 0 Å². The highest BCUT2D eigenvalue weighted by atomic mass is 16.5. The highest BCUT2D eigenvalue weighted by Gasteiger charge is 2.29. The first-order chi connectivity index (χ1) is 11.7. The van der Waals surface area contributed by atoms with Gasteiger partial charge in [-0.05, 0) is 56.7 Å². The maximum absolute atomic E-state index is 12.0. The van der Waals surface area contributed by atoms with Crippen molar-refractivity contribution in [2.24, 2.45) is 0 Å². The molecule has 0 spiro atoms. The molecule has 132 valence electrons. The van der Waals surface area contributed by atoms with E-state index in [-0.39, 0.29) is 18.0 Å². The number of aryl methyl sites for hydroxylation is 1. The molecule has 1 saturated heterocycles. The molecule has 2 rings (SSSR count). The minimum atomic E-state index is -0.248. The zero-order chi connectivity index (χ0) is 17.4. The molecule has 0 radical (unpaired) electrons. The molecule has 1 heterocycles. The third kappa shape index (κ3) is 5.06. The van der Waals surface area contributed by atoms with Gasteiger partial charge in [0, 0.05) is 6.42 Å². The highest BCUT2D eigenvalue weighted by Crippen LogP contribution is 2.31. The van der Waals surface area contributed by atoms with Crippen molar-refractivity contribution in [2.75, 3.05) is 19.8 Å². The van der Waals surface area contributed by atoms with Crippen LogP contribution in [0, 0.1) is 0 Å². The summed E-state index contributed by atoms with van der Waals surface area (Å²) in [4.78, 5) is 23.6. The van der Waals surface area contributed by atoms with Crippen molar-refractivity contribution in [3.05, 3.63) is 35.4 Å². The summed E-state index contributed by atoms with van der Waals surface area (Å²) in [5.41, 5.74) is 2.40. The first-order valence-electron chi connectivity index (χ1n) is 8.79. The van der Waals surface area contributed by atoms with Gasteiger partial charge < -0.3 is 14.8 Å². The van der Waals surface area contributed by atoms with Crippen LogP contribution in [-0.2, 0) is 25.5 Å². The zero-order valence-electron chi connectivity index (χ0n) is 14.5. The van der Waals surface area contributed by atoms with E-state index in [1.807, 2.05) is 26.0 Å². The van der Waals surface area contributed by atoms with Gasteiger partial charge >= 0.3 is 11.9 Å². The van der Waals surface area contributed by atoms with E-state index in [1.165, 1.54) is 11.1 Å². The number of piperidine rings is 1. The third-order valence-corrected chi connectivity index (χ3v) is 4.37.